The summed E-state index contributed by atoms with van der Waals surface area (Å²) in [5.74, 6) is -0.0202. The summed E-state index contributed by atoms with van der Waals surface area (Å²) in [5, 5.41) is 7.60. The summed E-state index contributed by atoms with van der Waals surface area (Å²) in [7, 11) is 5.95. The van der Waals surface area contributed by atoms with Crippen LogP contribution in [0.15, 0.2) is 36.9 Å². The summed E-state index contributed by atoms with van der Waals surface area (Å²) < 4.78 is 15.9. The number of piperazine rings is 1. The first-order chi connectivity index (χ1) is 17.0. The fourth-order valence-corrected chi connectivity index (χ4v) is 4.46. The average molecular weight is 473 g/mol. The molecule has 0 saturated carbocycles. The normalized spacial score (nSPS) is 14.8. The van der Waals surface area contributed by atoms with Crippen LogP contribution in [0.4, 0.5) is 15.8 Å². The number of halogens is 1. The van der Waals surface area contributed by atoms with E-state index in [-0.39, 0.29) is 5.69 Å². The summed E-state index contributed by atoms with van der Waals surface area (Å²) >= 11 is 0. The van der Waals surface area contributed by atoms with Gasteiger partial charge in [-0.15, -0.1) is 0 Å². The molecule has 0 unspecified atom stereocenters. The van der Waals surface area contributed by atoms with Gasteiger partial charge in [0.15, 0.2) is 17.3 Å². The van der Waals surface area contributed by atoms with Crippen molar-refractivity contribution in [2.75, 3.05) is 57.1 Å². The van der Waals surface area contributed by atoms with Crippen molar-refractivity contribution in [2.45, 2.75) is 0 Å². The molecule has 1 aliphatic heterocycles. The summed E-state index contributed by atoms with van der Waals surface area (Å²) in [5.41, 5.74) is 4.95. The van der Waals surface area contributed by atoms with E-state index >= 15 is 4.39 Å². The van der Waals surface area contributed by atoms with E-state index < -0.39 is 5.82 Å². The van der Waals surface area contributed by atoms with E-state index in [9.17, 15) is 0 Å². The first-order valence-electron chi connectivity index (χ1n) is 11.4. The van der Waals surface area contributed by atoms with Crippen molar-refractivity contribution in [1.29, 1.82) is 0 Å². The predicted molar refractivity (Wildman–Crippen MR) is 134 cm³/mol. The van der Waals surface area contributed by atoms with Crippen LogP contribution < -0.4 is 9.80 Å². The van der Waals surface area contributed by atoms with Crippen molar-refractivity contribution in [3.63, 3.8) is 0 Å². The molecule has 1 aliphatic rings. The molecule has 6 rings (SSSR count). The van der Waals surface area contributed by atoms with Crippen molar-refractivity contribution in [1.82, 2.24) is 40.0 Å². The Balaban J connectivity index is 1.46. The Morgan fingerprint density at radius 3 is 2.66 bits per heavy atom. The second kappa shape index (κ2) is 8.27. The highest BCUT2D eigenvalue weighted by molar-refractivity contribution is 5.96. The number of hydrogen-bond acceptors (Lipinski definition) is 8. The molecule has 10 nitrogen and oxygen atoms in total. The highest BCUT2D eigenvalue weighted by Gasteiger charge is 2.23. The Morgan fingerprint density at radius 2 is 1.86 bits per heavy atom. The molecule has 5 aromatic heterocycles. The average Bonchev–Trinajstić information content (AvgIpc) is 3.49. The molecule has 0 atom stereocenters. The van der Waals surface area contributed by atoms with Crippen molar-refractivity contribution in [3.8, 4) is 22.8 Å². The van der Waals surface area contributed by atoms with Crippen LogP contribution in [0.2, 0.25) is 0 Å². The lowest BCUT2D eigenvalue weighted by Crippen LogP contribution is -2.44. The summed E-state index contributed by atoms with van der Waals surface area (Å²) in [6.07, 6.45) is 6.69. The lowest BCUT2D eigenvalue weighted by Gasteiger charge is -2.33. The first kappa shape index (κ1) is 21.4. The number of hydrogen-bond donors (Lipinski definition) is 2. The number of likely N-dealkylation sites (N-methyl/N-ethyl adjacent to an activating group) is 1. The van der Waals surface area contributed by atoms with Crippen LogP contribution in [0.1, 0.15) is 0 Å². The van der Waals surface area contributed by atoms with Gasteiger partial charge >= 0.3 is 0 Å². The van der Waals surface area contributed by atoms with E-state index in [2.05, 4.69) is 47.0 Å². The first-order valence-corrected chi connectivity index (χ1v) is 11.4. The third kappa shape index (κ3) is 3.64. The maximum absolute atomic E-state index is 15.9. The van der Waals surface area contributed by atoms with Crippen molar-refractivity contribution >= 4 is 33.4 Å². The lowest BCUT2D eigenvalue weighted by molar-refractivity contribution is 0.313. The van der Waals surface area contributed by atoms with Crippen LogP contribution in [0, 0.1) is 5.82 Å². The van der Waals surface area contributed by atoms with Gasteiger partial charge in [0.25, 0.3) is 0 Å². The van der Waals surface area contributed by atoms with Crippen LogP contribution in [0.5, 0.6) is 0 Å². The second-order valence-corrected chi connectivity index (χ2v) is 9.01. The molecule has 2 N–H and O–H groups in total. The molecule has 0 amide bonds. The standard InChI is InChI=1S/C24H25FN10/c1-33(2)15-10-14(11-26-12-15)20-19(25)18-16(13-28-20)31-32-22(18)24-29-21-17(4-5-27-23(21)30-24)35-8-6-34(3)7-9-35/h4-5,10-13H,6-9H2,1-3H3,(H,31,32)(H,27,29,30). The third-order valence-electron chi connectivity index (χ3n) is 6.49. The number of anilines is 2. The van der Waals surface area contributed by atoms with Gasteiger partial charge in [0.2, 0.25) is 0 Å². The van der Waals surface area contributed by atoms with E-state index in [1.807, 2.05) is 31.1 Å². The van der Waals surface area contributed by atoms with Gasteiger partial charge in [0.1, 0.15) is 16.9 Å². The van der Waals surface area contributed by atoms with Gasteiger partial charge in [0.05, 0.1) is 34.7 Å². The van der Waals surface area contributed by atoms with Crippen LogP contribution >= 0.6 is 0 Å². The quantitative estimate of drug-likeness (QED) is 0.411. The van der Waals surface area contributed by atoms with E-state index in [4.69, 9.17) is 4.98 Å². The number of nitrogens with one attached hydrogen (secondary N) is 2. The molecule has 1 fully saturated rings. The zero-order valence-electron chi connectivity index (χ0n) is 19.7. The maximum atomic E-state index is 15.9. The van der Waals surface area contributed by atoms with E-state index in [0.29, 0.717) is 33.6 Å². The summed E-state index contributed by atoms with van der Waals surface area (Å²) in [6, 6.07) is 3.84. The molecular formula is C24H25FN10. The minimum atomic E-state index is -0.475. The molecule has 0 aliphatic carbocycles. The largest absolute Gasteiger partial charge is 0.376 e. The molecule has 1 saturated heterocycles. The molecule has 11 heteroatoms. The number of nitrogens with zero attached hydrogens (tertiary/aromatic N) is 8. The van der Waals surface area contributed by atoms with Gasteiger partial charge in [-0.2, -0.15) is 5.10 Å². The Hall–Kier alpha value is -4.12. The highest BCUT2D eigenvalue weighted by atomic mass is 19.1. The van der Waals surface area contributed by atoms with E-state index in [0.717, 1.165) is 43.1 Å². The summed E-state index contributed by atoms with van der Waals surface area (Å²) in [4.78, 5) is 27.7. The number of fused-ring (bicyclic) bond motifs is 2. The van der Waals surface area contributed by atoms with Crippen LogP contribution in [0.3, 0.4) is 0 Å². The number of imidazole rings is 1. The molecule has 35 heavy (non-hydrogen) atoms. The molecule has 0 spiro atoms. The Bertz CT molecular complexity index is 1530. The molecular weight excluding hydrogens is 447 g/mol. The van der Waals surface area contributed by atoms with Gasteiger partial charge in [-0.3, -0.25) is 15.1 Å². The number of aromatic nitrogens is 7. The second-order valence-electron chi connectivity index (χ2n) is 9.01. The van der Waals surface area contributed by atoms with E-state index in [1.54, 1.807) is 24.8 Å². The fraction of sp³-hybridized carbons (Fsp3) is 0.292. The lowest BCUT2D eigenvalue weighted by atomic mass is 10.1. The smallest absolute Gasteiger partial charge is 0.161 e. The maximum Gasteiger partial charge on any atom is 0.161 e. The van der Waals surface area contributed by atoms with Crippen LogP contribution in [-0.2, 0) is 0 Å². The zero-order valence-corrected chi connectivity index (χ0v) is 19.7. The van der Waals surface area contributed by atoms with E-state index in [1.165, 1.54) is 0 Å². The summed E-state index contributed by atoms with van der Waals surface area (Å²) in [6.45, 7) is 3.78. The minimum Gasteiger partial charge on any atom is -0.376 e. The zero-order chi connectivity index (χ0) is 24.1. The van der Waals surface area contributed by atoms with Gasteiger partial charge < -0.3 is 19.7 Å². The third-order valence-corrected chi connectivity index (χ3v) is 6.49. The number of pyridine rings is 3. The SMILES string of the molecule is CN1CCN(c2ccnc3[nH]c(-c4n[nH]c5cnc(-c6cncc(N(C)C)c6)c(F)c45)nc23)CC1. The topological polar surface area (TPSA) is 106 Å². The predicted octanol–water partition coefficient (Wildman–Crippen LogP) is 2.92. The van der Waals surface area contributed by atoms with Crippen LogP contribution in [0.25, 0.3) is 44.8 Å². The monoisotopic (exact) mass is 472 g/mol. The van der Waals surface area contributed by atoms with Gasteiger partial charge in [0, 0.05) is 58.2 Å². The molecule has 0 aromatic carbocycles. The Kier molecular flexibility index (Phi) is 5.06. The van der Waals surface area contributed by atoms with Gasteiger partial charge in [-0.05, 0) is 19.2 Å². The van der Waals surface area contributed by atoms with Crippen molar-refractivity contribution in [3.05, 3.63) is 42.7 Å². The van der Waals surface area contributed by atoms with Gasteiger partial charge in [-0.1, -0.05) is 0 Å². The molecule has 0 bridgehead atoms. The molecule has 0 radical (unpaired) electrons. The minimum absolute atomic E-state index is 0.212. The molecule has 178 valence electrons. The van der Waals surface area contributed by atoms with Gasteiger partial charge in [-0.25, -0.2) is 14.4 Å². The fourth-order valence-electron chi connectivity index (χ4n) is 4.46. The molecule has 6 heterocycles. The number of rotatable bonds is 4. The van der Waals surface area contributed by atoms with Crippen molar-refractivity contribution < 1.29 is 4.39 Å². The Morgan fingerprint density at radius 1 is 1.03 bits per heavy atom. The Labute approximate surface area is 200 Å². The number of aromatic amines is 2. The van der Waals surface area contributed by atoms with Crippen molar-refractivity contribution in [2.24, 2.45) is 0 Å². The number of H-pyrrole nitrogens is 2. The molecule has 5 aromatic rings. The van der Waals surface area contributed by atoms with Crippen LogP contribution in [-0.4, -0.2) is 87.3 Å². The highest BCUT2D eigenvalue weighted by Crippen LogP contribution is 2.34.